The first kappa shape index (κ1) is 14.6. The van der Waals surface area contributed by atoms with E-state index in [-0.39, 0.29) is 0 Å². The Morgan fingerprint density at radius 3 is 2.59 bits per heavy atom. The van der Waals surface area contributed by atoms with Gasteiger partial charge in [0.15, 0.2) is 0 Å². The molecule has 0 unspecified atom stereocenters. The van der Waals surface area contributed by atoms with E-state index in [0.717, 1.165) is 26.8 Å². The summed E-state index contributed by atoms with van der Waals surface area (Å²) in [5.74, 6) is 6.72. The minimum absolute atomic E-state index is 0.534. The number of nitrogens with zero attached hydrogens (tertiary/aromatic N) is 1. The molecule has 0 atom stereocenters. The summed E-state index contributed by atoms with van der Waals surface area (Å²) in [5.41, 5.74) is 14.6. The van der Waals surface area contributed by atoms with Gasteiger partial charge in [0.2, 0.25) is 0 Å². The van der Waals surface area contributed by atoms with Gasteiger partial charge in [0.1, 0.15) is 5.82 Å². The van der Waals surface area contributed by atoms with Crippen molar-refractivity contribution in [3.8, 4) is 23.0 Å². The topological polar surface area (TPSA) is 64.9 Å². The number of rotatable bonds is 1. The van der Waals surface area contributed by atoms with Gasteiger partial charge in [-0.05, 0) is 24.8 Å². The van der Waals surface area contributed by atoms with Crippen LogP contribution in [-0.4, -0.2) is 10.5 Å². The van der Waals surface area contributed by atoms with E-state index in [9.17, 15) is 0 Å². The first-order valence-electron chi connectivity index (χ1n) is 6.99. The van der Waals surface area contributed by atoms with Crippen molar-refractivity contribution in [2.75, 3.05) is 5.73 Å². The van der Waals surface area contributed by atoms with Gasteiger partial charge >= 0.3 is 0 Å². The van der Waals surface area contributed by atoms with Crippen LogP contribution >= 0.6 is 11.3 Å². The monoisotopic (exact) mass is 307 g/mol. The minimum Gasteiger partial charge on any atom is -0.383 e. The lowest BCUT2D eigenvalue weighted by molar-refractivity contribution is 0.680. The number of nitrogen functional groups attached to an aromatic ring is 1. The molecule has 0 radical (unpaired) electrons. The lowest BCUT2D eigenvalue weighted by Gasteiger charge is -2.08. The molecular formula is C18H17N3S. The van der Waals surface area contributed by atoms with Crippen molar-refractivity contribution >= 4 is 27.2 Å². The van der Waals surface area contributed by atoms with Crippen LogP contribution in [0.5, 0.6) is 0 Å². The molecule has 3 aromatic rings. The highest BCUT2D eigenvalue weighted by atomic mass is 32.1. The molecule has 3 rings (SSSR count). The molecule has 0 saturated carbocycles. The van der Waals surface area contributed by atoms with E-state index in [1.807, 2.05) is 32.0 Å². The number of hydrogen-bond acceptors (Lipinski definition) is 4. The van der Waals surface area contributed by atoms with Crippen molar-refractivity contribution < 1.29 is 0 Å². The number of hydrogen-bond donors (Lipinski definition) is 2. The Bertz CT molecular complexity index is 878. The summed E-state index contributed by atoms with van der Waals surface area (Å²) in [6, 6.07) is 10.2. The Kier molecular flexibility index (Phi) is 3.61. The highest BCUT2D eigenvalue weighted by Crippen LogP contribution is 2.38. The summed E-state index contributed by atoms with van der Waals surface area (Å²) in [6.07, 6.45) is 1.72. The molecule has 4 N–H and O–H groups in total. The lowest BCUT2D eigenvalue weighted by atomic mass is 10.0. The van der Waals surface area contributed by atoms with E-state index >= 15 is 0 Å². The maximum absolute atomic E-state index is 6.11. The molecule has 3 nitrogen and oxygen atoms in total. The lowest BCUT2D eigenvalue weighted by Crippen LogP contribution is -2.29. The SMILES string of the molecule is CC(C)(N)C#Cc1cnc(N)c2c(-c3ccccc3)csc12. The van der Waals surface area contributed by atoms with E-state index in [0.29, 0.717) is 5.82 Å². The van der Waals surface area contributed by atoms with Gasteiger partial charge in [0, 0.05) is 17.1 Å². The Balaban J connectivity index is 2.22. The van der Waals surface area contributed by atoms with Crippen LogP contribution in [-0.2, 0) is 0 Å². The molecule has 0 bridgehead atoms. The number of nitrogens with two attached hydrogens (primary N) is 2. The van der Waals surface area contributed by atoms with Crippen LogP contribution in [0.2, 0.25) is 0 Å². The summed E-state index contributed by atoms with van der Waals surface area (Å²) in [5, 5.41) is 3.08. The van der Waals surface area contributed by atoms with Crippen molar-refractivity contribution in [3.63, 3.8) is 0 Å². The first-order chi connectivity index (χ1) is 10.5. The maximum atomic E-state index is 6.11. The normalized spacial score (nSPS) is 11.2. The molecule has 0 amide bonds. The molecule has 0 saturated heterocycles. The van der Waals surface area contributed by atoms with Crippen molar-refractivity contribution in [3.05, 3.63) is 47.5 Å². The third-order valence-corrected chi connectivity index (χ3v) is 4.24. The number of pyridine rings is 1. The molecule has 4 heteroatoms. The smallest absolute Gasteiger partial charge is 0.132 e. The van der Waals surface area contributed by atoms with Crippen LogP contribution in [0.25, 0.3) is 21.2 Å². The van der Waals surface area contributed by atoms with E-state index < -0.39 is 5.54 Å². The summed E-state index contributed by atoms with van der Waals surface area (Å²) in [7, 11) is 0. The van der Waals surface area contributed by atoms with Crippen molar-refractivity contribution in [2.24, 2.45) is 5.73 Å². The van der Waals surface area contributed by atoms with Gasteiger partial charge < -0.3 is 11.5 Å². The van der Waals surface area contributed by atoms with Gasteiger partial charge in [-0.1, -0.05) is 42.2 Å². The second kappa shape index (κ2) is 5.45. The molecular weight excluding hydrogens is 290 g/mol. The van der Waals surface area contributed by atoms with Crippen molar-refractivity contribution in [1.29, 1.82) is 0 Å². The summed E-state index contributed by atoms with van der Waals surface area (Å²) >= 11 is 1.64. The van der Waals surface area contributed by atoms with Crippen LogP contribution in [0.15, 0.2) is 41.9 Å². The second-order valence-electron chi connectivity index (χ2n) is 5.75. The Hall–Kier alpha value is -2.35. The van der Waals surface area contributed by atoms with E-state index in [2.05, 4.69) is 34.3 Å². The molecule has 2 aromatic heterocycles. The predicted molar refractivity (Wildman–Crippen MR) is 94.6 cm³/mol. The number of anilines is 1. The number of fused-ring (bicyclic) bond motifs is 1. The average molecular weight is 307 g/mol. The van der Waals surface area contributed by atoms with Crippen molar-refractivity contribution in [2.45, 2.75) is 19.4 Å². The van der Waals surface area contributed by atoms with E-state index in [4.69, 9.17) is 11.5 Å². The van der Waals surface area contributed by atoms with Crippen LogP contribution < -0.4 is 11.5 Å². The van der Waals surface area contributed by atoms with Crippen LogP contribution in [0.1, 0.15) is 19.4 Å². The van der Waals surface area contributed by atoms with Crippen LogP contribution in [0.3, 0.4) is 0 Å². The third kappa shape index (κ3) is 2.82. The fourth-order valence-electron chi connectivity index (χ4n) is 2.22. The largest absolute Gasteiger partial charge is 0.383 e. The fraction of sp³-hybridized carbons (Fsp3) is 0.167. The molecule has 0 fully saturated rings. The average Bonchev–Trinajstić information content (AvgIpc) is 2.92. The van der Waals surface area contributed by atoms with Gasteiger partial charge in [-0.3, -0.25) is 0 Å². The van der Waals surface area contributed by atoms with Gasteiger partial charge in [-0.15, -0.1) is 11.3 Å². The quantitative estimate of drug-likeness (QED) is 0.675. The number of thiophene rings is 1. The van der Waals surface area contributed by atoms with E-state index in [1.54, 1.807) is 17.5 Å². The highest BCUT2D eigenvalue weighted by molar-refractivity contribution is 7.18. The predicted octanol–water partition coefficient (Wildman–Crippen LogP) is 3.63. The standard InChI is InChI=1S/C18H17N3S/c1-18(2,20)9-8-13-10-21-17(19)15-14(11-22-16(13)15)12-6-4-3-5-7-12/h3-7,10-11H,20H2,1-2H3,(H2,19,21). The number of benzene rings is 1. The second-order valence-corrected chi connectivity index (χ2v) is 6.63. The van der Waals surface area contributed by atoms with Crippen molar-refractivity contribution in [1.82, 2.24) is 4.98 Å². The molecule has 22 heavy (non-hydrogen) atoms. The zero-order chi connectivity index (χ0) is 15.7. The molecule has 0 spiro atoms. The molecule has 110 valence electrons. The van der Waals surface area contributed by atoms with Gasteiger partial charge in [0.05, 0.1) is 15.8 Å². The Morgan fingerprint density at radius 2 is 1.91 bits per heavy atom. The maximum Gasteiger partial charge on any atom is 0.132 e. The zero-order valence-corrected chi connectivity index (χ0v) is 13.4. The summed E-state index contributed by atoms with van der Waals surface area (Å²) in [6.45, 7) is 3.76. The molecule has 0 aliphatic carbocycles. The Morgan fingerprint density at radius 1 is 1.18 bits per heavy atom. The zero-order valence-electron chi connectivity index (χ0n) is 12.6. The molecule has 2 heterocycles. The van der Waals surface area contributed by atoms with Crippen LogP contribution in [0, 0.1) is 11.8 Å². The molecule has 0 aliphatic heterocycles. The minimum atomic E-state index is -0.534. The van der Waals surface area contributed by atoms with Gasteiger partial charge in [-0.25, -0.2) is 4.98 Å². The summed E-state index contributed by atoms with van der Waals surface area (Å²) in [4.78, 5) is 4.31. The Labute approximate surface area is 134 Å². The van der Waals surface area contributed by atoms with Gasteiger partial charge in [0.25, 0.3) is 0 Å². The summed E-state index contributed by atoms with van der Waals surface area (Å²) < 4.78 is 1.06. The first-order valence-corrected chi connectivity index (χ1v) is 7.87. The fourth-order valence-corrected chi connectivity index (χ4v) is 3.27. The highest BCUT2D eigenvalue weighted by Gasteiger charge is 2.13. The van der Waals surface area contributed by atoms with Gasteiger partial charge in [-0.2, -0.15) is 0 Å². The number of aromatic nitrogens is 1. The molecule has 0 aliphatic rings. The third-order valence-electron chi connectivity index (χ3n) is 3.23. The van der Waals surface area contributed by atoms with Crippen LogP contribution in [0.4, 0.5) is 5.82 Å². The molecule has 1 aromatic carbocycles. The van der Waals surface area contributed by atoms with E-state index in [1.165, 1.54) is 0 Å².